The van der Waals surface area contributed by atoms with Gasteiger partial charge in [-0.15, -0.1) is 0 Å². The summed E-state index contributed by atoms with van der Waals surface area (Å²) in [6, 6.07) is 2.72. The van der Waals surface area contributed by atoms with Crippen molar-refractivity contribution >= 4 is 10.0 Å². The van der Waals surface area contributed by atoms with E-state index in [1.807, 2.05) is 0 Å². The summed E-state index contributed by atoms with van der Waals surface area (Å²) < 4.78 is 53.5. The Hall–Kier alpha value is -1.05. The molecule has 0 amide bonds. The van der Waals surface area contributed by atoms with Crippen LogP contribution >= 0.6 is 0 Å². The summed E-state index contributed by atoms with van der Waals surface area (Å²) in [5.41, 5.74) is 0. The highest BCUT2D eigenvalue weighted by Gasteiger charge is 2.26. The van der Waals surface area contributed by atoms with Crippen LogP contribution in [0.25, 0.3) is 0 Å². The van der Waals surface area contributed by atoms with Gasteiger partial charge in [0.15, 0.2) is 4.90 Å². The number of rotatable bonds is 3. The molecular formula is C12H16F2N2O2S. The number of sulfonamides is 1. The van der Waals surface area contributed by atoms with Gasteiger partial charge < -0.3 is 5.32 Å². The van der Waals surface area contributed by atoms with Crippen LogP contribution in [0.2, 0.25) is 0 Å². The molecule has 2 N–H and O–H groups in total. The lowest BCUT2D eigenvalue weighted by atomic mass is 10.1. The molecule has 1 heterocycles. The van der Waals surface area contributed by atoms with Gasteiger partial charge in [-0.25, -0.2) is 21.9 Å². The van der Waals surface area contributed by atoms with Crippen LogP contribution in [0, 0.1) is 11.6 Å². The molecule has 1 fully saturated rings. The van der Waals surface area contributed by atoms with Gasteiger partial charge in [0.1, 0.15) is 11.6 Å². The molecule has 7 heteroatoms. The molecule has 0 aromatic heterocycles. The van der Waals surface area contributed by atoms with E-state index in [2.05, 4.69) is 10.0 Å². The van der Waals surface area contributed by atoms with Gasteiger partial charge in [0, 0.05) is 6.04 Å². The fraction of sp³-hybridized carbons (Fsp3) is 0.500. The first kappa shape index (κ1) is 14.4. The van der Waals surface area contributed by atoms with Gasteiger partial charge in [-0.1, -0.05) is 6.07 Å². The van der Waals surface area contributed by atoms with E-state index in [9.17, 15) is 17.2 Å². The Balaban J connectivity index is 2.22. The first-order valence-corrected chi connectivity index (χ1v) is 7.66. The molecule has 2 rings (SSSR count). The van der Waals surface area contributed by atoms with Crippen LogP contribution in [0.1, 0.15) is 19.3 Å². The molecule has 0 aliphatic carbocycles. The summed E-state index contributed by atoms with van der Waals surface area (Å²) in [6.45, 7) is 1.51. The normalized spacial score (nSPS) is 21.1. The van der Waals surface area contributed by atoms with Gasteiger partial charge in [-0.3, -0.25) is 0 Å². The number of hydrogen-bond donors (Lipinski definition) is 2. The Kier molecular flexibility index (Phi) is 4.49. The highest BCUT2D eigenvalue weighted by molar-refractivity contribution is 7.89. The minimum Gasteiger partial charge on any atom is -0.317 e. The van der Waals surface area contributed by atoms with Gasteiger partial charge in [0.05, 0.1) is 0 Å². The van der Waals surface area contributed by atoms with Crippen molar-refractivity contribution in [3.05, 3.63) is 29.8 Å². The predicted molar refractivity (Wildman–Crippen MR) is 67.2 cm³/mol. The molecule has 1 saturated heterocycles. The van der Waals surface area contributed by atoms with Crippen LogP contribution in [0.4, 0.5) is 8.78 Å². The topological polar surface area (TPSA) is 58.2 Å². The van der Waals surface area contributed by atoms with E-state index in [1.165, 1.54) is 0 Å². The minimum absolute atomic E-state index is 0.293. The third-order valence-electron chi connectivity index (χ3n) is 3.09. The van der Waals surface area contributed by atoms with Crippen molar-refractivity contribution in [3.8, 4) is 0 Å². The monoisotopic (exact) mass is 290 g/mol. The molecule has 4 nitrogen and oxygen atoms in total. The molecule has 0 saturated carbocycles. The number of benzene rings is 1. The summed E-state index contributed by atoms with van der Waals surface area (Å²) in [6.07, 6.45) is 2.09. The van der Waals surface area contributed by atoms with Crippen molar-refractivity contribution in [1.29, 1.82) is 0 Å². The molecule has 1 unspecified atom stereocenters. The highest BCUT2D eigenvalue weighted by Crippen LogP contribution is 2.19. The number of halogens is 2. The SMILES string of the molecule is O=S(=O)(NC1CCCNCC1)c1c(F)cccc1F. The summed E-state index contributed by atoms with van der Waals surface area (Å²) in [7, 11) is -4.17. The van der Waals surface area contributed by atoms with E-state index < -0.39 is 26.6 Å². The second-order valence-corrected chi connectivity index (χ2v) is 6.20. The van der Waals surface area contributed by atoms with Crippen molar-refractivity contribution in [1.82, 2.24) is 10.0 Å². The first-order chi connectivity index (χ1) is 9.00. The first-order valence-electron chi connectivity index (χ1n) is 6.18. The lowest BCUT2D eigenvalue weighted by Crippen LogP contribution is -2.36. The zero-order valence-electron chi connectivity index (χ0n) is 10.3. The van der Waals surface area contributed by atoms with E-state index >= 15 is 0 Å². The summed E-state index contributed by atoms with van der Waals surface area (Å²) in [4.78, 5) is -0.896. The molecular weight excluding hydrogens is 274 g/mol. The Morgan fingerprint density at radius 3 is 2.53 bits per heavy atom. The van der Waals surface area contributed by atoms with E-state index in [0.29, 0.717) is 19.4 Å². The van der Waals surface area contributed by atoms with Gasteiger partial charge in [-0.05, 0) is 44.5 Å². The van der Waals surface area contributed by atoms with Crippen LogP contribution in [-0.2, 0) is 10.0 Å². The number of hydrogen-bond acceptors (Lipinski definition) is 3. The molecule has 1 aliphatic heterocycles. The largest absolute Gasteiger partial charge is 0.317 e. The van der Waals surface area contributed by atoms with E-state index in [4.69, 9.17) is 0 Å². The fourth-order valence-corrected chi connectivity index (χ4v) is 3.60. The highest BCUT2D eigenvalue weighted by atomic mass is 32.2. The van der Waals surface area contributed by atoms with Crippen molar-refractivity contribution in [2.45, 2.75) is 30.2 Å². The third kappa shape index (κ3) is 3.49. The molecule has 1 aliphatic rings. The Morgan fingerprint density at radius 2 is 1.84 bits per heavy atom. The predicted octanol–water partition coefficient (Wildman–Crippen LogP) is 1.39. The quantitative estimate of drug-likeness (QED) is 0.884. The molecule has 0 spiro atoms. The zero-order valence-corrected chi connectivity index (χ0v) is 11.1. The smallest absolute Gasteiger partial charge is 0.246 e. The van der Waals surface area contributed by atoms with Crippen LogP contribution in [0.3, 0.4) is 0 Å². The summed E-state index contributed by atoms with van der Waals surface area (Å²) >= 11 is 0. The van der Waals surface area contributed by atoms with Crippen LogP contribution in [0.5, 0.6) is 0 Å². The molecule has 1 aromatic carbocycles. The second-order valence-electron chi connectivity index (χ2n) is 4.55. The molecule has 0 bridgehead atoms. The lowest BCUT2D eigenvalue weighted by molar-refractivity contribution is 0.492. The average Bonchev–Trinajstić information content (AvgIpc) is 2.56. The maximum Gasteiger partial charge on any atom is 0.246 e. The Labute approximate surface area is 111 Å². The van der Waals surface area contributed by atoms with Crippen LogP contribution in [0.15, 0.2) is 23.1 Å². The standard InChI is InChI=1S/C12H16F2N2O2S/c13-10-4-1-5-11(14)12(10)19(17,18)16-9-3-2-7-15-8-6-9/h1,4-5,9,15-16H,2-3,6-8H2. The molecule has 1 aromatic rings. The van der Waals surface area contributed by atoms with E-state index in [0.717, 1.165) is 31.2 Å². The molecule has 19 heavy (non-hydrogen) atoms. The van der Waals surface area contributed by atoms with Crippen LogP contribution < -0.4 is 10.0 Å². The van der Waals surface area contributed by atoms with Crippen molar-refractivity contribution in [2.24, 2.45) is 0 Å². The van der Waals surface area contributed by atoms with Gasteiger partial charge in [-0.2, -0.15) is 0 Å². The molecule has 0 radical (unpaired) electrons. The Bertz CT molecular complexity index is 520. The summed E-state index contributed by atoms with van der Waals surface area (Å²) in [5, 5.41) is 3.14. The second kappa shape index (κ2) is 5.94. The van der Waals surface area contributed by atoms with Gasteiger partial charge in [0.2, 0.25) is 10.0 Å². The van der Waals surface area contributed by atoms with Crippen molar-refractivity contribution < 1.29 is 17.2 Å². The third-order valence-corrected chi connectivity index (χ3v) is 4.66. The molecule has 106 valence electrons. The van der Waals surface area contributed by atoms with E-state index in [-0.39, 0.29) is 6.04 Å². The minimum atomic E-state index is -4.17. The van der Waals surface area contributed by atoms with Gasteiger partial charge >= 0.3 is 0 Å². The molecule has 1 atom stereocenters. The van der Waals surface area contributed by atoms with Crippen molar-refractivity contribution in [3.63, 3.8) is 0 Å². The van der Waals surface area contributed by atoms with Crippen LogP contribution in [-0.4, -0.2) is 27.5 Å². The van der Waals surface area contributed by atoms with Crippen molar-refractivity contribution in [2.75, 3.05) is 13.1 Å². The summed E-state index contributed by atoms with van der Waals surface area (Å²) in [5.74, 6) is -2.14. The maximum atomic E-state index is 13.5. The maximum absolute atomic E-state index is 13.5. The zero-order chi connectivity index (χ0) is 13.9. The van der Waals surface area contributed by atoms with E-state index in [1.54, 1.807) is 0 Å². The number of nitrogens with one attached hydrogen (secondary N) is 2. The van der Waals surface area contributed by atoms with Gasteiger partial charge in [0.25, 0.3) is 0 Å². The fourth-order valence-electron chi connectivity index (χ4n) is 2.15. The lowest BCUT2D eigenvalue weighted by Gasteiger charge is -2.16. The average molecular weight is 290 g/mol. The Morgan fingerprint density at radius 1 is 1.16 bits per heavy atom.